The molecular weight excluding hydrogens is 314 g/mol. The van der Waals surface area contributed by atoms with Gasteiger partial charge in [0.2, 0.25) is 0 Å². The van der Waals surface area contributed by atoms with Gasteiger partial charge in [-0.3, -0.25) is 4.79 Å². The predicted octanol–water partition coefficient (Wildman–Crippen LogP) is 1.58. The fourth-order valence-corrected chi connectivity index (χ4v) is 2.81. The smallest absolute Gasteiger partial charge is 0.326 e. The number of nitrogens with zero attached hydrogens (tertiary/aromatic N) is 1. The molecule has 0 bridgehead atoms. The van der Waals surface area contributed by atoms with Gasteiger partial charge >= 0.3 is 5.97 Å². The molecule has 1 atom stereocenters. The molecule has 1 saturated heterocycles. The lowest BCUT2D eigenvalue weighted by Gasteiger charge is -2.38. The Morgan fingerprint density at radius 3 is 2.50 bits per heavy atom. The summed E-state index contributed by atoms with van der Waals surface area (Å²) in [5, 5.41) is 9.13. The molecule has 2 rings (SSSR count). The maximum atomic E-state index is 12.6. The summed E-state index contributed by atoms with van der Waals surface area (Å²) in [6, 6.07) is 2.59. The zero-order valence-corrected chi connectivity index (χ0v) is 14.2. The molecule has 1 aromatic rings. The molecule has 132 valence electrons. The summed E-state index contributed by atoms with van der Waals surface area (Å²) in [5.41, 5.74) is 1.25. The van der Waals surface area contributed by atoms with Gasteiger partial charge in [-0.15, -0.1) is 0 Å². The molecule has 7 nitrogen and oxygen atoms in total. The lowest BCUT2D eigenvalue weighted by molar-refractivity contribution is -0.146. The zero-order valence-electron chi connectivity index (χ0n) is 14.2. The molecule has 1 aromatic carbocycles. The van der Waals surface area contributed by atoms with Crippen LogP contribution < -0.4 is 9.47 Å². The Kier molecular flexibility index (Phi) is 6.03. The first-order valence-corrected chi connectivity index (χ1v) is 7.81. The first kappa shape index (κ1) is 18.1. The fourth-order valence-electron chi connectivity index (χ4n) is 2.81. The normalized spacial score (nSPS) is 16.5. The van der Waals surface area contributed by atoms with Gasteiger partial charge in [0.15, 0.2) is 11.5 Å². The molecule has 1 amide bonds. The molecule has 1 N–H and O–H groups in total. The largest absolute Gasteiger partial charge is 0.493 e. The predicted molar refractivity (Wildman–Crippen MR) is 86.8 cm³/mol. The van der Waals surface area contributed by atoms with Gasteiger partial charge < -0.3 is 24.2 Å². The van der Waals surface area contributed by atoms with E-state index in [1.54, 1.807) is 26.4 Å². The topological polar surface area (TPSA) is 85.3 Å². The second-order valence-corrected chi connectivity index (χ2v) is 5.61. The molecule has 0 aromatic heterocycles. The highest BCUT2D eigenvalue weighted by Gasteiger charge is 2.38. The number of hydrogen-bond acceptors (Lipinski definition) is 5. The van der Waals surface area contributed by atoms with Crippen LogP contribution in [0.3, 0.4) is 0 Å². The number of carbonyl (C=O) groups is 2. The van der Waals surface area contributed by atoms with E-state index in [9.17, 15) is 9.59 Å². The molecule has 24 heavy (non-hydrogen) atoms. The highest BCUT2D eigenvalue weighted by atomic mass is 16.5. The summed E-state index contributed by atoms with van der Waals surface area (Å²) in [7, 11) is 4.69. The van der Waals surface area contributed by atoms with Crippen molar-refractivity contribution in [2.24, 2.45) is 0 Å². The van der Waals surface area contributed by atoms with E-state index < -0.39 is 12.0 Å². The zero-order chi connectivity index (χ0) is 17.7. The Bertz CT molecular complexity index is 615. The lowest BCUT2D eigenvalue weighted by Crippen LogP contribution is -2.55. The Labute approximate surface area is 141 Å². The molecular formula is C17H23NO6. The van der Waals surface area contributed by atoms with Gasteiger partial charge in [-0.25, -0.2) is 4.79 Å². The van der Waals surface area contributed by atoms with E-state index >= 15 is 0 Å². The summed E-state index contributed by atoms with van der Waals surface area (Å²) >= 11 is 0. The monoisotopic (exact) mass is 337 g/mol. The van der Waals surface area contributed by atoms with Crippen molar-refractivity contribution in [3.05, 3.63) is 23.3 Å². The summed E-state index contributed by atoms with van der Waals surface area (Å²) < 4.78 is 15.8. The van der Waals surface area contributed by atoms with Gasteiger partial charge in [-0.2, -0.15) is 0 Å². The third-order valence-corrected chi connectivity index (χ3v) is 4.16. The molecule has 1 aliphatic rings. The van der Waals surface area contributed by atoms with E-state index in [1.165, 1.54) is 12.0 Å². The number of amides is 1. The van der Waals surface area contributed by atoms with Crippen LogP contribution in [0.2, 0.25) is 0 Å². The molecule has 0 aliphatic carbocycles. The molecule has 1 heterocycles. The third kappa shape index (κ3) is 3.62. The number of benzene rings is 1. The van der Waals surface area contributed by atoms with Crippen LogP contribution in [-0.4, -0.2) is 62.4 Å². The summed E-state index contributed by atoms with van der Waals surface area (Å²) in [6.45, 7) is 1.04. The standard InChI is InChI=1S/C17H23NO6/c1-22-8-4-5-11-9-12(10-14(23-2)15(11)24-3)16(19)18-7-6-13(18)17(20)21/h9-10,13H,4-8H2,1-3H3,(H,20,21)/t13-/m1/s1. The summed E-state index contributed by atoms with van der Waals surface area (Å²) in [6.07, 6.45) is 1.92. The van der Waals surface area contributed by atoms with Crippen molar-refractivity contribution in [1.82, 2.24) is 4.90 Å². The van der Waals surface area contributed by atoms with Crippen molar-refractivity contribution >= 4 is 11.9 Å². The van der Waals surface area contributed by atoms with Crippen LogP contribution in [-0.2, 0) is 16.0 Å². The fraction of sp³-hybridized carbons (Fsp3) is 0.529. The minimum Gasteiger partial charge on any atom is -0.493 e. The van der Waals surface area contributed by atoms with Crippen molar-refractivity contribution < 1.29 is 28.9 Å². The van der Waals surface area contributed by atoms with Crippen LogP contribution in [0.1, 0.15) is 28.8 Å². The molecule has 0 radical (unpaired) electrons. The number of likely N-dealkylation sites (tertiary alicyclic amines) is 1. The molecule has 0 unspecified atom stereocenters. The summed E-state index contributed by atoms with van der Waals surface area (Å²) in [4.78, 5) is 25.1. The van der Waals surface area contributed by atoms with Crippen LogP contribution in [0, 0.1) is 0 Å². The number of hydrogen-bond donors (Lipinski definition) is 1. The molecule has 1 aliphatic heterocycles. The SMILES string of the molecule is COCCCc1cc(C(=O)N2CC[C@@H]2C(=O)O)cc(OC)c1OC. The van der Waals surface area contributed by atoms with Gasteiger partial charge in [0.1, 0.15) is 6.04 Å². The highest BCUT2D eigenvalue weighted by Crippen LogP contribution is 2.34. The average molecular weight is 337 g/mol. The van der Waals surface area contributed by atoms with E-state index in [-0.39, 0.29) is 5.91 Å². The number of methoxy groups -OCH3 is 3. The first-order valence-electron chi connectivity index (χ1n) is 7.81. The maximum absolute atomic E-state index is 12.6. The molecule has 1 fully saturated rings. The summed E-state index contributed by atoms with van der Waals surface area (Å²) in [5.74, 6) is -0.232. The molecule has 0 spiro atoms. The van der Waals surface area contributed by atoms with Crippen molar-refractivity contribution in [3.63, 3.8) is 0 Å². The van der Waals surface area contributed by atoms with Crippen LogP contribution in [0.5, 0.6) is 11.5 Å². The maximum Gasteiger partial charge on any atom is 0.326 e. The lowest BCUT2D eigenvalue weighted by atomic mass is 9.99. The van der Waals surface area contributed by atoms with Crippen molar-refractivity contribution in [2.75, 3.05) is 34.5 Å². The minimum absolute atomic E-state index is 0.303. The van der Waals surface area contributed by atoms with Crippen LogP contribution in [0.15, 0.2) is 12.1 Å². The molecule has 0 saturated carbocycles. The number of ether oxygens (including phenoxy) is 3. The Morgan fingerprint density at radius 2 is 2.00 bits per heavy atom. The van der Waals surface area contributed by atoms with E-state index in [4.69, 9.17) is 19.3 Å². The van der Waals surface area contributed by atoms with Crippen molar-refractivity contribution in [1.29, 1.82) is 0 Å². The third-order valence-electron chi connectivity index (χ3n) is 4.16. The van der Waals surface area contributed by atoms with E-state index in [1.807, 2.05) is 0 Å². The second-order valence-electron chi connectivity index (χ2n) is 5.61. The minimum atomic E-state index is -0.976. The Hall–Kier alpha value is -2.28. The quantitative estimate of drug-likeness (QED) is 0.725. The second kappa shape index (κ2) is 8.01. The Morgan fingerprint density at radius 1 is 1.25 bits per heavy atom. The molecule has 7 heteroatoms. The van der Waals surface area contributed by atoms with Crippen LogP contribution >= 0.6 is 0 Å². The van der Waals surface area contributed by atoms with Gasteiger partial charge in [-0.1, -0.05) is 0 Å². The van der Waals surface area contributed by atoms with Gasteiger partial charge in [0.25, 0.3) is 5.91 Å². The van der Waals surface area contributed by atoms with E-state index in [0.717, 1.165) is 12.0 Å². The Balaban J connectivity index is 2.30. The van der Waals surface area contributed by atoms with Gasteiger partial charge in [-0.05, 0) is 37.0 Å². The number of rotatable bonds is 8. The van der Waals surface area contributed by atoms with Crippen molar-refractivity contribution in [2.45, 2.75) is 25.3 Å². The highest BCUT2D eigenvalue weighted by molar-refractivity contribution is 5.98. The first-order chi connectivity index (χ1) is 11.5. The van der Waals surface area contributed by atoms with Crippen LogP contribution in [0.4, 0.5) is 0 Å². The number of carbonyl (C=O) groups excluding carboxylic acids is 1. The number of aliphatic carboxylic acids is 1. The number of aryl methyl sites for hydroxylation is 1. The van der Waals surface area contributed by atoms with E-state index in [0.29, 0.717) is 43.1 Å². The number of carboxylic acid groups (broad SMARTS) is 1. The van der Waals surface area contributed by atoms with Gasteiger partial charge in [0, 0.05) is 25.8 Å². The van der Waals surface area contributed by atoms with Crippen LogP contribution in [0.25, 0.3) is 0 Å². The average Bonchev–Trinajstić information content (AvgIpc) is 2.52. The van der Waals surface area contributed by atoms with E-state index in [2.05, 4.69) is 0 Å². The number of carboxylic acids is 1. The van der Waals surface area contributed by atoms with Gasteiger partial charge in [0.05, 0.1) is 14.2 Å². The van der Waals surface area contributed by atoms with Crippen molar-refractivity contribution in [3.8, 4) is 11.5 Å².